The van der Waals surface area contributed by atoms with Crippen LogP contribution in [0.1, 0.15) is 30.1 Å². The summed E-state index contributed by atoms with van der Waals surface area (Å²) in [6.45, 7) is 3.91. The Kier molecular flexibility index (Phi) is 6.94. The summed E-state index contributed by atoms with van der Waals surface area (Å²) in [6.07, 6.45) is 1.42. The van der Waals surface area contributed by atoms with Crippen molar-refractivity contribution in [1.29, 1.82) is 0 Å². The van der Waals surface area contributed by atoms with E-state index in [1.807, 2.05) is 35.2 Å². The summed E-state index contributed by atoms with van der Waals surface area (Å²) in [6, 6.07) is 9.30. The van der Waals surface area contributed by atoms with Gasteiger partial charge >= 0.3 is 0 Å². The van der Waals surface area contributed by atoms with Gasteiger partial charge in [0.25, 0.3) is 0 Å². The summed E-state index contributed by atoms with van der Waals surface area (Å²) in [7, 11) is 3.50. The molecule has 1 aromatic rings. The number of ketones is 1. The third kappa shape index (κ3) is 5.53. The van der Waals surface area contributed by atoms with Crippen molar-refractivity contribution in [2.24, 2.45) is 0 Å². The largest absolute Gasteiger partial charge is 0.348 e. The van der Waals surface area contributed by atoms with Gasteiger partial charge in [0.15, 0.2) is 5.78 Å². The van der Waals surface area contributed by atoms with Crippen molar-refractivity contribution in [3.63, 3.8) is 0 Å². The van der Waals surface area contributed by atoms with Gasteiger partial charge < -0.3 is 4.90 Å². The van der Waals surface area contributed by atoms with Gasteiger partial charge in [-0.25, -0.2) is 0 Å². The van der Waals surface area contributed by atoms with Gasteiger partial charge in [-0.2, -0.15) is 0 Å². The highest BCUT2D eigenvalue weighted by atomic mass is 16.2. The normalized spacial score (nSPS) is 10.6. The molecule has 0 aliphatic heterocycles. The number of nitrogens with zero attached hydrogens (tertiary/aromatic N) is 2. The van der Waals surface area contributed by atoms with Crippen LogP contribution in [-0.4, -0.2) is 55.2 Å². The monoisotopic (exact) mass is 276 g/mol. The first-order valence-electron chi connectivity index (χ1n) is 7.05. The minimum absolute atomic E-state index is 0.0746. The minimum atomic E-state index is 0.0746. The standard InChI is InChI=1S/C16H24N2O2/c1-4-11-18(13-16(20)17(2)3)12-10-15(19)14-8-6-5-7-9-14/h5-9H,4,10-13H2,1-3H3. The predicted molar refractivity (Wildman–Crippen MR) is 80.8 cm³/mol. The van der Waals surface area contributed by atoms with Gasteiger partial charge in [0.05, 0.1) is 6.54 Å². The molecule has 1 amide bonds. The second-order valence-corrected chi connectivity index (χ2v) is 5.10. The Morgan fingerprint density at radius 3 is 2.25 bits per heavy atom. The van der Waals surface area contributed by atoms with E-state index in [2.05, 4.69) is 6.92 Å². The van der Waals surface area contributed by atoms with Crippen molar-refractivity contribution in [2.75, 3.05) is 33.7 Å². The number of benzene rings is 1. The summed E-state index contributed by atoms with van der Waals surface area (Å²) < 4.78 is 0. The predicted octanol–water partition coefficient (Wildman–Crippen LogP) is 2.06. The highest BCUT2D eigenvalue weighted by Gasteiger charge is 2.13. The van der Waals surface area contributed by atoms with Crippen molar-refractivity contribution < 1.29 is 9.59 Å². The Morgan fingerprint density at radius 1 is 1.05 bits per heavy atom. The van der Waals surface area contributed by atoms with Crippen molar-refractivity contribution in [1.82, 2.24) is 9.80 Å². The zero-order valence-electron chi connectivity index (χ0n) is 12.6. The zero-order valence-corrected chi connectivity index (χ0v) is 12.6. The van der Waals surface area contributed by atoms with Gasteiger partial charge in [0.2, 0.25) is 5.91 Å². The molecule has 4 heteroatoms. The van der Waals surface area contributed by atoms with E-state index in [1.165, 1.54) is 0 Å². The minimum Gasteiger partial charge on any atom is -0.348 e. The first kappa shape index (κ1) is 16.4. The fourth-order valence-corrected chi connectivity index (χ4v) is 1.95. The number of Topliss-reactive ketones (excluding diaryl/α,β-unsaturated/α-hetero) is 1. The molecule has 0 spiro atoms. The SMILES string of the molecule is CCCN(CCC(=O)c1ccccc1)CC(=O)N(C)C. The molecule has 0 aliphatic carbocycles. The van der Waals surface area contributed by atoms with Crippen LogP contribution in [0.25, 0.3) is 0 Å². The molecular formula is C16H24N2O2. The number of carbonyl (C=O) groups is 2. The average molecular weight is 276 g/mol. The Balaban J connectivity index is 2.50. The maximum Gasteiger partial charge on any atom is 0.236 e. The first-order chi connectivity index (χ1) is 9.54. The fraction of sp³-hybridized carbons (Fsp3) is 0.500. The molecular weight excluding hydrogens is 252 g/mol. The molecule has 0 N–H and O–H groups in total. The van der Waals surface area contributed by atoms with Crippen LogP contribution in [-0.2, 0) is 4.79 Å². The van der Waals surface area contributed by atoms with E-state index >= 15 is 0 Å². The Bertz CT molecular complexity index is 429. The van der Waals surface area contributed by atoms with Crippen LogP contribution in [0.2, 0.25) is 0 Å². The van der Waals surface area contributed by atoms with Crippen LogP contribution in [0.15, 0.2) is 30.3 Å². The molecule has 4 nitrogen and oxygen atoms in total. The second kappa shape index (κ2) is 8.48. The van der Waals surface area contributed by atoms with E-state index in [0.29, 0.717) is 19.5 Å². The lowest BCUT2D eigenvalue weighted by molar-refractivity contribution is -0.129. The van der Waals surface area contributed by atoms with Crippen LogP contribution in [0.4, 0.5) is 0 Å². The third-order valence-corrected chi connectivity index (χ3v) is 3.15. The number of amides is 1. The van der Waals surface area contributed by atoms with Gasteiger partial charge in [-0.15, -0.1) is 0 Å². The summed E-state index contributed by atoms with van der Waals surface area (Å²) in [5, 5.41) is 0. The smallest absolute Gasteiger partial charge is 0.236 e. The lowest BCUT2D eigenvalue weighted by atomic mass is 10.1. The molecule has 0 atom stereocenters. The highest BCUT2D eigenvalue weighted by molar-refractivity contribution is 5.96. The fourth-order valence-electron chi connectivity index (χ4n) is 1.95. The number of hydrogen-bond donors (Lipinski definition) is 0. The maximum atomic E-state index is 12.1. The number of hydrogen-bond acceptors (Lipinski definition) is 3. The van der Waals surface area contributed by atoms with Crippen LogP contribution < -0.4 is 0 Å². The van der Waals surface area contributed by atoms with Crippen LogP contribution in [0, 0.1) is 0 Å². The van der Waals surface area contributed by atoms with Gasteiger partial charge in [0, 0.05) is 32.6 Å². The van der Waals surface area contributed by atoms with E-state index < -0.39 is 0 Å². The van der Waals surface area contributed by atoms with E-state index in [1.54, 1.807) is 19.0 Å². The van der Waals surface area contributed by atoms with E-state index in [0.717, 1.165) is 18.5 Å². The molecule has 1 aromatic carbocycles. The van der Waals surface area contributed by atoms with Crippen molar-refractivity contribution >= 4 is 11.7 Å². The molecule has 0 saturated heterocycles. The molecule has 0 aliphatic rings. The van der Waals surface area contributed by atoms with Gasteiger partial charge in [-0.05, 0) is 13.0 Å². The Hall–Kier alpha value is -1.68. The van der Waals surface area contributed by atoms with Crippen molar-refractivity contribution in [3.05, 3.63) is 35.9 Å². The molecule has 0 aromatic heterocycles. The van der Waals surface area contributed by atoms with E-state index in [4.69, 9.17) is 0 Å². The number of likely N-dealkylation sites (N-methyl/N-ethyl adjacent to an activating group) is 1. The Morgan fingerprint density at radius 2 is 1.70 bits per heavy atom. The summed E-state index contributed by atoms with van der Waals surface area (Å²) >= 11 is 0. The first-order valence-corrected chi connectivity index (χ1v) is 7.05. The zero-order chi connectivity index (χ0) is 15.0. The summed E-state index contributed by atoms with van der Waals surface area (Å²) in [5.74, 6) is 0.203. The lowest BCUT2D eigenvalue weighted by Gasteiger charge is -2.22. The average Bonchev–Trinajstić information content (AvgIpc) is 2.45. The van der Waals surface area contributed by atoms with Crippen LogP contribution in [0.3, 0.4) is 0 Å². The molecule has 20 heavy (non-hydrogen) atoms. The topological polar surface area (TPSA) is 40.6 Å². The van der Waals surface area contributed by atoms with Crippen molar-refractivity contribution in [2.45, 2.75) is 19.8 Å². The molecule has 0 fully saturated rings. The summed E-state index contributed by atoms with van der Waals surface area (Å²) in [4.78, 5) is 27.4. The highest BCUT2D eigenvalue weighted by Crippen LogP contribution is 2.05. The third-order valence-electron chi connectivity index (χ3n) is 3.15. The van der Waals surface area contributed by atoms with Crippen molar-refractivity contribution in [3.8, 4) is 0 Å². The molecule has 1 rings (SSSR count). The Labute approximate surface area is 121 Å². The van der Waals surface area contributed by atoms with Crippen LogP contribution in [0.5, 0.6) is 0 Å². The van der Waals surface area contributed by atoms with Gasteiger partial charge in [0.1, 0.15) is 0 Å². The molecule has 0 bridgehead atoms. The van der Waals surface area contributed by atoms with Crippen LogP contribution >= 0.6 is 0 Å². The maximum absolute atomic E-state index is 12.1. The second-order valence-electron chi connectivity index (χ2n) is 5.10. The molecule has 0 saturated carbocycles. The van der Waals surface area contributed by atoms with E-state index in [9.17, 15) is 9.59 Å². The summed E-state index contributed by atoms with van der Waals surface area (Å²) in [5.41, 5.74) is 0.739. The van der Waals surface area contributed by atoms with E-state index in [-0.39, 0.29) is 11.7 Å². The molecule has 0 heterocycles. The number of carbonyl (C=O) groups excluding carboxylic acids is 2. The molecule has 0 radical (unpaired) electrons. The molecule has 110 valence electrons. The van der Waals surface area contributed by atoms with Gasteiger partial charge in [-0.3, -0.25) is 14.5 Å². The number of rotatable bonds is 8. The molecule has 0 unspecified atom stereocenters. The van der Waals surface area contributed by atoms with Gasteiger partial charge in [-0.1, -0.05) is 37.3 Å². The quantitative estimate of drug-likeness (QED) is 0.682. The lowest BCUT2D eigenvalue weighted by Crippen LogP contribution is -2.38.